The summed E-state index contributed by atoms with van der Waals surface area (Å²) in [6.07, 6.45) is 17.8. The maximum Gasteiger partial charge on any atom is 0.306 e. The van der Waals surface area contributed by atoms with E-state index in [4.69, 9.17) is 18.9 Å². The van der Waals surface area contributed by atoms with Gasteiger partial charge in [0.05, 0.1) is 19.3 Å². The van der Waals surface area contributed by atoms with Gasteiger partial charge in [0, 0.05) is 18.8 Å². The molecule has 52 heavy (non-hydrogen) atoms. The van der Waals surface area contributed by atoms with E-state index >= 15 is 0 Å². The number of hydrogen-bond donors (Lipinski definition) is 0. The molecule has 10 heteroatoms. The summed E-state index contributed by atoms with van der Waals surface area (Å²) in [6, 6.07) is 20.6. The molecule has 2 aromatic carbocycles. The lowest BCUT2D eigenvalue weighted by Gasteiger charge is -2.44. The van der Waals surface area contributed by atoms with E-state index in [0.29, 0.717) is 0 Å². The molecular formula is C42H60N2O7S. The number of rotatable bonds is 25. The second-order valence-corrected chi connectivity index (χ2v) is 15.9. The van der Waals surface area contributed by atoms with Crippen LogP contribution in [0.4, 0.5) is 0 Å². The van der Waals surface area contributed by atoms with Gasteiger partial charge >= 0.3 is 5.97 Å². The van der Waals surface area contributed by atoms with Crippen molar-refractivity contribution in [3.8, 4) is 0 Å². The van der Waals surface area contributed by atoms with Gasteiger partial charge in [-0.05, 0) is 30.5 Å². The van der Waals surface area contributed by atoms with Crippen molar-refractivity contribution in [2.75, 3.05) is 0 Å². The zero-order valence-corrected chi connectivity index (χ0v) is 32.1. The average molecular weight is 737 g/mol. The van der Waals surface area contributed by atoms with Crippen LogP contribution < -0.4 is 0 Å². The van der Waals surface area contributed by atoms with Gasteiger partial charge < -0.3 is 18.9 Å². The highest BCUT2D eigenvalue weighted by Gasteiger charge is 2.53. The molecular weight excluding hydrogens is 677 g/mol. The molecule has 1 fully saturated rings. The monoisotopic (exact) mass is 736 g/mol. The van der Waals surface area contributed by atoms with E-state index in [1.54, 1.807) is 13.0 Å². The van der Waals surface area contributed by atoms with Crippen molar-refractivity contribution >= 4 is 15.8 Å². The van der Waals surface area contributed by atoms with Crippen LogP contribution in [0.2, 0.25) is 0 Å². The van der Waals surface area contributed by atoms with Crippen LogP contribution in [0.15, 0.2) is 84.3 Å². The van der Waals surface area contributed by atoms with Gasteiger partial charge in [0.2, 0.25) is 15.0 Å². The zero-order chi connectivity index (χ0) is 36.9. The SMILES string of the molecule is CCCCCCCCCCCCCCCCCC(=O)O[C@H]1[C@@H](OCc2ccccc2)[C@H](OCc2ccccc2)[C@@H](S(=O)(=O)c2ncccn2)O[C@H]1C. The van der Waals surface area contributed by atoms with Gasteiger partial charge in [-0.1, -0.05) is 157 Å². The van der Waals surface area contributed by atoms with Crippen LogP contribution in [0.25, 0.3) is 0 Å². The summed E-state index contributed by atoms with van der Waals surface area (Å²) in [5.74, 6) is -0.363. The fourth-order valence-corrected chi connectivity index (χ4v) is 8.20. The Bertz CT molecular complexity index is 1490. The van der Waals surface area contributed by atoms with E-state index in [1.165, 1.54) is 89.4 Å². The Morgan fingerprint density at radius 3 is 1.60 bits per heavy atom. The van der Waals surface area contributed by atoms with Gasteiger partial charge in [-0.25, -0.2) is 18.4 Å². The van der Waals surface area contributed by atoms with E-state index < -0.39 is 39.7 Å². The molecule has 0 bridgehead atoms. The van der Waals surface area contributed by atoms with Crippen molar-refractivity contribution in [2.24, 2.45) is 0 Å². The summed E-state index contributed by atoms with van der Waals surface area (Å²) in [7, 11) is -4.24. The van der Waals surface area contributed by atoms with Gasteiger partial charge in [0.25, 0.3) is 0 Å². The van der Waals surface area contributed by atoms with Crippen LogP contribution in [-0.2, 0) is 46.8 Å². The highest BCUT2D eigenvalue weighted by atomic mass is 32.2. The molecule has 0 unspecified atom stereocenters. The van der Waals surface area contributed by atoms with E-state index in [2.05, 4.69) is 16.9 Å². The summed E-state index contributed by atoms with van der Waals surface area (Å²) in [5, 5.41) is -0.370. The first kappa shape index (κ1) is 41.6. The lowest BCUT2D eigenvalue weighted by atomic mass is 9.99. The minimum Gasteiger partial charge on any atom is -0.457 e. The van der Waals surface area contributed by atoms with Crippen LogP contribution >= 0.6 is 0 Å². The number of benzene rings is 2. The van der Waals surface area contributed by atoms with Crippen LogP contribution in [0.3, 0.4) is 0 Å². The molecule has 3 aromatic rings. The Kier molecular flexibility index (Phi) is 18.8. The molecule has 9 nitrogen and oxygen atoms in total. The molecule has 1 aromatic heterocycles. The van der Waals surface area contributed by atoms with Gasteiger partial charge in [-0.3, -0.25) is 4.79 Å². The molecule has 1 aliphatic heterocycles. The van der Waals surface area contributed by atoms with Crippen LogP contribution in [0.5, 0.6) is 0 Å². The minimum absolute atomic E-state index is 0.0932. The molecule has 0 spiro atoms. The Morgan fingerprint density at radius 1 is 0.635 bits per heavy atom. The first-order valence-electron chi connectivity index (χ1n) is 19.6. The second-order valence-electron chi connectivity index (χ2n) is 14.0. The van der Waals surface area contributed by atoms with Crippen LogP contribution in [0.1, 0.15) is 128 Å². The lowest BCUT2D eigenvalue weighted by molar-refractivity contribution is -0.239. The van der Waals surface area contributed by atoms with E-state index in [0.717, 1.165) is 30.4 Å². The van der Waals surface area contributed by atoms with Crippen molar-refractivity contribution in [3.63, 3.8) is 0 Å². The maximum atomic E-state index is 14.0. The molecule has 5 atom stereocenters. The summed E-state index contributed by atoms with van der Waals surface area (Å²) < 4.78 is 53.0. The number of nitrogens with zero attached hydrogens (tertiary/aromatic N) is 2. The van der Waals surface area contributed by atoms with Crippen molar-refractivity contribution in [1.82, 2.24) is 9.97 Å². The molecule has 0 radical (unpaired) electrons. The number of aromatic nitrogens is 2. The normalized spacial score (nSPS) is 20.5. The first-order chi connectivity index (χ1) is 25.4. The van der Waals surface area contributed by atoms with Gasteiger partial charge in [-0.2, -0.15) is 0 Å². The lowest BCUT2D eigenvalue weighted by Crippen LogP contribution is -2.61. The smallest absolute Gasteiger partial charge is 0.306 e. The number of carbonyl (C=O) groups excluding carboxylic acids is 1. The largest absolute Gasteiger partial charge is 0.457 e. The van der Waals surface area contributed by atoms with Crippen molar-refractivity contribution in [2.45, 2.75) is 165 Å². The number of unbranched alkanes of at least 4 members (excludes halogenated alkanes) is 14. The third-order valence-corrected chi connectivity index (χ3v) is 11.4. The van der Waals surface area contributed by atoms with Crippen LogP contribution in [-0.4, -0.2) is 54.2 Å². The summed E-state index contributed by atoms with van der Waals surface area (Å²) >= 11 is 0. The Labute approximate surface area is 312 Å². The molecule has 0 aliphatic carbocycles. The summed E-state index contributed by atoms with van der Waals surface area (Å²) in [6.45, 7) is 4.21. The number of hydrogen-bond acceptors (Lipinski definition) is 9. The fourth-order valence-electron chi connectivity index (χ4n) is 6.67. The van der Waals surface area contributed by atoms with Gasteiger partial charge in [-0.15, -0.1) is 0 Å². The van der Waals surface area contributed by atoms with E-state index in [1.807, 2.05) is 60.7 Å². The molecule has 0 N–H and O–H groups in total. The topological polar surface area (TPSA) is 114 Å². The van der Waals surface area contributed by atoms with Crippen LogP contribution in [0, 0.1) is 0 Å². The van der Waals surface area contributed by atoms with Crippen molar-refractivity contribution in [3.05, 3.63) is 90.3 Å². The number of sulfone groups is 1. The number of ether oxygens (including phenoxy) is 4. The minimum atomic E-state index is -4.24. The third kappa shape index (κ3) is 14.0. The molecule has 1 saturated heterocycles. The molecule has 0 amide bonds. The summed E-state index contributed by atoms with van der Waals surface area (Å²) in [5.41, 5.74) is 0.230. The Hall–Kier alpha value is -3.18. The zero-order valence-electron chi connectivity index (χ0n) is 31.3. The Morgan fingerprint density at radius 2 is 1.10 bits per heavy atom. The summed E-state index contributed by atoms with van der Waals surface area (Å²) in [4.78, 5) is 21.3. The second kappa shape index (κ2) is 23.5. The predicted molar refractivity (Wildman–Crippen MR) is 203 cm³/mol. The van der Waals surface area contributed by atoms with E-state index in [-0.39, 0.29) is 30.8 Å². The molecule has 286 valence electrons. The predicted octanol–water partition coefficient (Wildman–Crippen LogP) is 9.34. The highest BCUT2D eigenvalue weighted by Crippen LogP contribution is 2.34. The Balaban J connectivity index is 1.34. The van der Waals surface area contributed by atoms with Gasteiger partial charge in [0.1, 0.15) is 12.2 Å². The van der Waals surface area contributed by atoms with Crippen molar-refractivity contribution < 1.29 is 32.2 Å². The molecule has 2 heterocycles. The van der Waals surface area contributed by atoms with E-state index in [9.17, 15) is 13.2 Å². The third-order valence-electron chi connectivity index (χ3n) is 9.65. The maximum absolute atomic E-state index is 14.0. The molecule has 1 aliphatic rings. The van der Waals surface area contributed by atoms with Crippen molar-refractivity contribution in [1.29, 1.82) is 0 Å². The fraction of sp³-hybridized carbons (Fsp3) is 0.595. The quantitative estimate of drug-likeness (QED) is 0.0477. The standard InChI is InChI=1S/C42H60N2O7S/c1-3-4-5-6-7-8-9-10-11-12-13-14-15-16-23-29-37(45)51-38-34(2)50-41(52(46,47)42-43-30-24-31-44-42)40(49-33-36-27-21-18-22-28-36)39(38)48-32-35-25-19-17-20-26-35/h17-22,24-28,30-31,34,38-41H,3-16,23,29,32-33H2,1-2H3/t34-,38+,39+,40-,41+/m0/s1. The van der Waals surface area contributed by atoms with Gasteiger partial charge in [0.15, 0.2) is 11.5 Å². The molecule has 4 rings (SSSR count). The first-order valence-corrected chi connectivity index (χ1v) is 21.1. The average Bonchev–Trinajstić information content (AvgIpc) is 3.17. The highest BCUT2D eigenvalue weighted by molar-refractivity contribution is 7.91. The number of carbonyl (C=O) groups is 1. The molecule has 0 saturated carbocycles. The number of esters is 1.